The summed E-state index contributed by atoms with van der Waals surface area (Å²) in [6.45, 7) is 11.7. The minimum atomic E-state index is -3.60. The Hall–Kier alpha value is -1.44. The van der Waals surface area contributed by atoms with Crippen molar-refractivity contribution in [3.8, 4) is 0 Å². The Morgan fingerprint density at radius 1 is 1.24 bits per heavy atom. The molecule has 0 atom stereocenters. The molecule has 0 radical (unpaired) electrons. The first-order valence-electron chi connectivity index (χ1n) is 8.70. The molecule has 0 unspecified atom stereocenters. The van der Waals surface area contributed by atoms with Gasteiger partial charge in [0.15, 0.2) is 0 Å². The van der Waals surface area contributed by atoms with Gasteiger partial charge in [0, 0.05) is 31.8 Å². The van der Waals surface area contributed by atoms with Gasteiger partial charge in [-0.1, -0.05) is 33.8 Å². The Bertz CT molecular complexity index is 668. The molecule has 1 amide bonds. The van der Waals surface area contributed by atoms with Crippen LogP contribution in [0.5, 0.6) is 0 Å². The third-order valence-corrected chi connectivity index (χ3v) is 5.95. The normalized spacial score (nSPS) is 12.0. The van der Waals surface area contributed by atoms with Crippen molar-refractivity contribution in [3.63, 3.8) is 0 Å². The zero-order chi connectivity index (χ0) is 19.0. The molecule has 1 aromatic rings. The van der Waals surface area contributed by atoms with E-state index >= 15 is 0 Å². The van der Waals surface area contributed by atoms with Crippen LogP contribution in [0, 0.1) is 12.8 Å². The number of carbonyl (C=O) groups excluding carboxylic acids is 1. The summed E-state index contributed by atoms with van der Waals surface area (Å²) in [7, 11) is -3.60. The van der Waals surface area contributed by atoms with Gasteiger partial charge in [0.2, 0.25) is 10.0 Å². The van der Waals surface area contributed by atoms with Crippen LogP contribution < -0.4 is 5.32 Å². The second-order valence-electron chi connectivity index (χ2n) is 6.29. The van der Waals surface area contributed by atoms with Crippen LogP contribution in [0.25, 0.3) is 0 Å². The van der Waals surface area contributed by atoms with Crippen molar-refractivity contribution in [2.45, 2.75) is 39.5 Å². The molecule has 6 nitrogen and oxygen atoms in total. The molecule has 7 heteroatoms. The molecule has 0 aromatic heterocycles. The predicted octanol–water partition coefficient (Wildman–Crippen LogP) is 2.43. The lowest BCUT2D eigenvalue weighted by molar-refractivity contribution is 0.0886. The highest BCUT2D eigenvalue weighted by atomic mass is 32.2. The van der Waals surface area contributed by atoms with Crippen LogP contribution in [-0.2, 0) is 14.8 Å². The van der Waals surface area contributed by atoms with Crippen molar-refractivity contribution in [2.24, 2.45) is 5.92 Å². The summed E-state index contributed by atoms with van der Waals surface area (Å²) < 4.78 is 32.3. The molecule has 0 bridgehead atoms. The molecule has 142 valence electrons. The Morgan fingerprint density at radius 3 is 2.44 bits per heavy atom. The molecule has 0 aliphatic rings. The molecule has 1 N–H and O–H groups in total. The minimum Gasteiger partial charge on any atom is -0.379 e. The highest BCUT2D eigenvalue weighted by molar-refractivity contribution is 7.89. The maximum Gasteiger partial charge on any atom is 0.251 e. The summed E-state index contributed by atoms with van der Waals surface area (Å²) in [6.07, 6.45) is 0. The molecule has 0 heterocycles. The van der Waals surface area contributed by atoms with Gasteiger partial charge in [-0.15, -0.1) is 0 Å². The number of hydrogen-bond donors (Lipinski definition) is 1. The van der Waals surface area contributed by atoms with Crippen molar-refractivity contribution in [1.29, 1.82) is 0 Å². The van der Waals surface area contributed by atoms with Gasteiger partial charge in [-0.05, 0) is 30.5 Å². The Labute approximate surface area is 151 Å². The average Bonchev–Trinajstić information content (AvgIpc) is 2.55. The van der Waals surface area contributed by atoms with E-state index in [4.69, 9.17) is 4.74 Å². The van der Waals surface area contributed by atoms with Crippen LogP contribution in [0.4, 0.5) is 0 Å². The molecule has 0 saturated carbocycles. The lowest BCUT2D eigenvalue weighted by Gasteiger charge is -2.20. The first-order chi connectivity index (χ1) is 11.7. The summed E-state index contributed by atoms with van der Waals surface area (Å²) >= 11 is 0. The fourth-order valence-electron chi connectivity index (χ4n) is 2.38. The van der Waals surface area contributed by atoms with Crippen molar-refractivity contribution in [2.75, 3.05) is 32.8 Å². The molecule has 0 saturated heterocycles. The van der Waals surface area contributed by atoms with Gasteiger partial charge >= 0.3 is 0 Å². The molecule has 1 aromatic carbocycles. The van der Waals surface area contributed by atoms with E-state index in [1.54, 1.807) is 32.9 Å². The van der Waals surface area contributed by atoms with Crippen LogP contribution in [0.3, 0.4) is 0 Å². The van der Waals surface area contributed by atoms with Crippen LogP contribution in [-0.4, -0.2) is 51.5 Å². The van der Waals surface area contributed by atoms with Crippen LogP contribution in [0.15, 0.2) is 23.1 Å². The van der Waals surface area contributed by atoms with E-state index in [1.165, 1.54) is 10.4 Å². The van der Waals surface area contributed by atoms with E-state index in [2.05, 4.69) is 19.2 Å². The van der Waals surface area contributed by atoms with Gasteiger partial charge in [0.05, 0.1) is 11.5 Å². The minimum absolute atomic E-state index is 0.180. The van der Waals surface area contributed by atoms with Gasteiger partial charge in [-0.3, -0.25) is 4.79 Å². The van der Waals surface area contributed by atoms with E-state index < -0.39 is 10.0 Å². The highest BCUT2D eigenvalue weighted by Gasteiger charge is 2.24. The number of nitrogens with zero attached hydrogens (tertiary/aromatic N) is 1. The summed E-state index contributed by atoms with van der Waals surface area (Å²) in [5, 5.41) is 2.76. The van der Waals surface area contributed by atoms with Crippen LogP contribution in [0.2, 0.25) is 0 Å². The van der Waals surface area contributed by atoms with Crippen molar-refractivity contribution in [1.82, 2.24) is 9.62 Å². The molecule has 1 rings (SSSR count). The number of rotatable bonds is 10. The van der Waals surface area contributed by atoms with Gasteiger partial charge in [0.1, 0.15) is 0 Å². The van der Waals surface area contributed by atoms with Crippen molar-refractivity contribution < 1.29 is 17.9 Å². The summed E-state index contributed by atoms with van der Waals surface area (Å²) in [5.41, 5.74) is 0.962. The number of hydrogen-bond acceptors (Lipinski definition) is 4. The number of benzene rings is 1. The first kappa shape index (κ1) is 21.6. The molecule has 0 aliphatic heterocycles. The Balaban J connectivity index is 2.85. The molecule has 0 spiro atoms. The van der Waals surface area contributed by atoms with Gasteiger partial charge in [-0.25, -0.2) is 8.42 Å². The quantitative estimate of drug-likeness (QED) is 0.642. The maximum atomic E-state index is 12.7. The number of amides is 1. The third-order valence-electron chi connectivity index (χ3n) is 3.76. The zero-order valence-electron chi connectivity index (χ0n) is 15.8. The number of nitrogens with one attached hydrogen (secondary N) is 1. The summed E-state index contributed by atoms with van der Waals surface area (Å²) in [5.74, 6) is 0.143. The molecular formula is C18H30N2O4S. The van der Waals surface area contributed by atoms with Crippen LogP contribution >= 0.6 is 0 Å². The topological polar surface area (TPSA) is 75.7 Å². The van der Waals surface area contributed by atoms with E-state index in [-0.39, 0.29) is 10.8 Å². The third kappa shape index (κ3) is 6.09. The molecule has 25 heavy (non-hydrogen) atoms. The lowest BCUT2D eigenvalue weighted by Crippen LogP contribution is -2.32. The second kappa shape index (κ2) is 9.89. The van der Waals surface area contributed by atoms with Gasteiger partial charge in [0.25, 0.3) is 5.91 Å². The standard InChI is InChI=1S/C18H30N2O4S/c1-6-20(7-2)25(22,23)17-12-16(9-8-15(17)5)18(21)19-10-11-24-13-14(3)4/h8-9,12,14H,6-7,10-11,13H2,1-5H3,(H,19,21). The smallest absolute Gasteiger partial charge is 0.251 e. The first-order valence-corrected chi connectivity index (χ1v) is 10.1. The van der Waals surface area contributed by atoms with Crippen molar-refractivity contribution >= 4 is 15.9 Å². The number of aryl methyl sites for hydroxylation is 1. The Kier molecular flexibility index (Phi) is 8.55. The summed E-state index contributed by atoms with van der Waals surface area (Å²) in [4.78, 5) is 12.4. The fraction of sp³-hybridized carbons (Fsp3) is 0.611. The molecule has 0 fully saturated rings. The van der Waals surface area contributed by atoms with Crippen LogP contribution in [0.1, 0.15) is 43.6 Å². The van der Waals surface area contributed by atoms with E-state index in [0.717, 1.165) is 0 Å². The SMILES string of the molecule is CCN(CC)S(=O)(=O)c1cc(C(=O)NCCOCC(C)C)ccc1C. The maximum absolute atomic E-state index is 12.7. The van der Waals surface area contributed by atoms with Gasteiger partial charge in [-0.2, -0.15) is 4.31 Å². The zero-order valence-corrected chi connectivity index (χ0v) is 16.6. The second-order valence-corrected chi connectivity index (χ2v) is 8.20. The van der Waals surface area contributed by atoms with E-state index in [0.29, 0.717) is 49.9 Å². The monoisotopic (exact) mass is 370 g/mol. The molecule has 0 aliphatic carbocycles. The van der Waals surface area contributed by atoms with Crippen molar-refractivity contribution in [3.05, 3.63) is 29.3 Å². The highest BCUT2D eigenvalue weighted by Crippen LogP contribution is 2.21. The number of sulfonamides is 1. The summed E-state index contributed by atoms with van der Waals surface area (Å²) in [6, 6.07) is 4.76. The predicted molar refractivity (Wildman–Crippen MR) is 99.3 cm³/mol. The fourth-order valence-corrected chi connectivity index (χ4v) is 4.09. The van der Waals surface area contributed by atoms with E-state index in [9.17, 15) is 13.2 Å². The number of carbonyl (C=O) groups is 1. The number of ether oxygens (including phenoxy) is 1. The Morgan fingerprint density at radius 2 is 1.88 bits per heavy atom. The average molecular weight is 371 g/mol. The lowest BCUT2D eigenvalue weighted by atomic mass is 10.1. The molecular weight excluding hydrogens is 340 g/mol. The van der Waals surface area contributed by atoms with Gasteiger partial charge < -0.3 is 10.1 Å². The largest absolute Gasteiger partial charge is 0.379 e. The van der Waals surface area contributed by atoms with E-state index in [1.807, 2.05) is 0 Å².